The first-order valence-corrected chi connectivity index (χ1v) is 0.893. The third kappa shape index (κ3) is 1.45. The number of hydrogen-bond acceptors (Lipinski definition) is 2. The second-order valence-corrected chi connectivity index (χ2v) is 0.316. The minimum Gasteiger partial charge on any atom is -0.381 e. The average Bonchev–Trinajstić information content (AvgIpc) is 1.37. The van der Waals surface area contributed by atoms with Gasteiger partial charge < -0.3 is 5.11 Å². The zero-order chi connectivity index (χ0) is 3.41. The lowest BCUT2D eigenvalue weighted by Gasteiger charge is -1.50. The molecule has 0 atom stereocenters. The fourth-order valence-corrected chi connectivity index (χ4v) is 0. The molecule has 0 spiro atoms. The molecule has 0 aromatic rings. The maximum Gasteiger partial charge on any atom is 0.130 e. The van der Waals surface area contributed by atoms with E-state index < -0.39 is 0 Å². The summed E-state index contributed by atoms with van der Waals surface area (Å²) in [5.41, 5.74) is 0. The van der Waals surface area contributed by atoms with Gasteiger partial charge in [-0.3, -0.25) is 0 Å². The lowest BCUT2D eigenvalue weighted by atomic mass is 11.8. The fourth-order valence-electron chi connectivity index (χ4n) is 0. The Balaban J connectivity index is 2.43. The van der Waals surface area contributed by atoms with Crippen molar-refractivity contribution in [1.82, 2.24) is 0 Å². The van der Waals surface area contributed by atoms with Crippen molar-refractivity contribution in [3.05, 3.63) is 0 Å². The zero-order valence-electron chi connectivity index (χ0n) is 2.10. The highest BCUT2D eigenvalue weighted by Gasteiger charge is 1.49. The Bertz CT molecular complexity index is 35.8. The smallest absolute Gasteiger partial charge is 0.130 e. The van der Waals surface area contributed by atoms with Crippen LogP contribution in [-0.2, 0) is 0 Å². The van der Waals surface area contributed by atoms with Gasteiger partial charge in [-0.2, -0.15) is 5.26 Å². The Labute approximate surface area is 24.3 Å². The summed E-state index contributed by atoms with van der Waals surface area (Å²) in [6.07, 6.45) is 0. The van der Waals surface area contributed by atoms with Gasteiger partial charge in [0.05, 0.1) is 6.07 Å². The Morgan fingerprint density at radius 3 is 2.25 bits per heavy atom. The number of rotatable bonds is 0. The predicted molar refractivity (Wildman–Crippen MR) is 12.7 cm³/mol. The molecular weight excluding hydrogens is 57.0 g/mol. The topological polar surface area (TPSA) is 44.0 Å². The van der Waals surface area contributed by atoms with Crippen LogP contribution >= 0.6 is 0 Å². The van der Waals surface area contributed by atoms with Crippen molar-refractivity contribution < 1.29 is 5.11 Å². The molecule has 0 bridgehead atoms. The third-order valence-electron chi connectivity index (χ3n) is 0.0707. The maximum atomic E-state index is 7.51. The normalized spacial score (nSPS) is 5.00. The average molecular weight is 60.0 g/mol. The van der Waals surface area contributed by atoms with Gasteiger partial charge in [0.2, 0.25) is 0 Å². The molecule has 0 aromatic heterocycles. The number of aliphatic hydroxyl groups excluding tert-OH is 1. The number of hydrogen-bond donors (Lipinski definition) is 1. The molecule has 0 unspecified atom stereocenters. The first kappa shape index (κ1) is 3.45. The van der Waals surface area contributed by atoms with E-state index >= 15 is 0 Å². The molecule has 0 aliphatic heterocycles. The van der Waals surface area contributed by atoms with Crippen LogP contribution in [0.4, 0.5) is 0 Å². The predicted octanol–water partition coefficient (Wildman–Crippen LogP) is -0.498. The first-order chi connectivity index (χ1) is 1.91. The van der Waals surface area contributed by atoms with Crippen molar-refractivity contribution in [1.29, 1.82) is 5.26 Å². The minimum atomic E-state index is -0.375. The molecule has 0 radical (unpaired) electrons. The van der Waals surface area contributed by atoms with Gasteiger partial charge in [0, 0.05) is 0 Å². The molecule has 0 saturated carbocycles. The standard InChI is InChI=1S/C2H3NO/c3-1-2-4/h4H,2H2/i1+1,2+1,3+1. The Morgan fingerprint density at radius 1 is 2.00 bits per heavy atom. The van der Waals surface area contributed by atoms with E-state index in [1.807, 2.05) is 0 Å². The quantitative estimate of drug-likeness (QED) is 0.233. The van der Waals surface area contributed by atoms with Crippen LogP contribution in [0, 0.1) is 11.3 Å². The molecule has 2 nitrogen and oxygen atoms in total. The molecule has 2 heteroatoms. The summed E-state index contributed by atoms with van der Waals surface area (Å²) in [4.78, 5) is 0. The summed E-state index contributed by atoms with van der Waals surface area (Å²) < 4.78 is 0. The summed E-state index contributed by atoms with van der Waals surface area (Å²) in [6.45, 7) is -0.375. The van der Waals surface area contributed by atoms with Gasteiger partial charge in [0.1, 0.15) is 6.61 Å². The molecule has 0 rings (SSSR count). The van der Waals surface area contributed by atoms with Crippen molar-refractivity contribution >= 4 is 0 Å². The van der Waals surface area contributed by atoms with Crippen molar-refractivity contribution in [3.8, 4) is 6.07 Å². The van der Waals surface area contributed by atoms with Gasteiger partial charge in [0.15, 0.2) is 0 Å². The molecule has 0 aliphatic rings. The molecule has 0 aromatic carbocycles. The van der Waals surface area contributed by atoms with Crippen LogP contribution in [0.5, 0.6) is 0 Å². The van der Waals surface area contributed by atoms with Crippen LogP contribution in [0.1, 0.15) is 0 Å². The lowest BCUT2D eigenvalue weighted by molar-refractivity contribution is 0.348. The van der Waals surface area contributed by atoms with E-state index in [-0.39, 0.29) is 6.61 Å². The second kappa shape index (κ2) is 2.45. The summed E-state index contributed by atoms with van der Waals surface area (Å²) in [7, 11) is 0. The van der Waals surface area contributed by atoms with Gasteiger partial charge >= 0.3 is 0 Å². The van der Waals surface area contributed by atoms with Crippen molar-refractivity contribution in [2.45, 2.75) is 0 Å². The number of aliphatic hydroxyl groups is 1. The van der Waals surface area contributed by atoms with Gasteiger partial charge in [-0.15, -0.1) is 0 Å². The molecule has 0 heterocycles. The van der Waals surface area contributed by atoms with Crippen LogP contribution in [0.25, 0.3) is 0 Å². The maximum absolute atomic E-state index is 7.51. The molecule has 1 N–H and O–H groups in total. The highest BCUT2D eigenvalue weighted by molar-refractivity contribution is 4.63. The Hall–Kier alpha value is -0.550. The van der Waals surface area contributed by atoms with E-state index in [4.69, 9.17) is 10.4 Å². The molecule has 0 saturated heterocycles. The number of nitriles is 1. The molecule has 4 heavy (non-hydrogen) atoms. The zero-order valence-corrected chi connectivity index (χ0v) is 2.10. The van der Waals surface area contributed by atoms with Crippen molar-refractivity contribution in [3.63, 3.8) is 0 Å². The summed E-state index contributed by atoms with van der Waals surface area (Å²) in [5.74, 6) is 0. The van der Waals surface area contributed by atoms with E-state index in [0.29, 0.717) is 0 Å². The van der Waals surface area contributed by atoms with E-state index in [1.54, 1.807) is 0 Å². The van der Waals surface area contributed by atoms with Gasteiger partial charge in [-0.25, -0.2) is 0 Å². The van der Waals surface area contributed by atoms with Crippen LogP contribution in [0.15, 0.2) is 0 Å². The van der Waals surface area contributed by atoms with Crippen LogP contribution in [0.2, 0.25) is 0 Å². The van der Waals surface area contributed by atoms with Crippen LogP contribution in [0.3, 0.4) is 0 Å². The van der Waals surface area contributed by atoms with Crippen LogP contribution < -0.4 is 0 Å². The van der Waals surface area contributed by atoms with E-state index in [9.17, 15) is 0 Å². The summed E-state index contributed by atoms with van der Waals surface area (Å²) in [5, 5.41) is 14.9. The van der Waals surface area contributed by atoms with Crippen LogP contribution in [-0.4, -0.2) is 11.7 Å². The molecule has 0 amide bonds. The Morgan fingerprint density at radius 2 is 2.25 bits per heavy atom. The monoisotopic (exact) mass is 60.0 g/mol. The first-order valence-electron chi connectivity index (χ1n) is 0.893. The SMILES string of the molecule is [15N]#[13C][13CH2]O. The summed E-state index contributed by atoms with van der Waals surface area (Å²) >= 11 is 0. The van der Waals surface area contributed by atoms with E-state index in [2.05, 4.69) is 0 Å². The van der Waals surface area contributed by atoms with E-state index in [1.165, 1.54) is 6.07 Å². The minimum absolute atomic E-state index is 0.375. The summed E-state index contributed by atoms with van der Waals surface area (Å²) in [6, 6.07) is 1.49. The van der Waals surface area contributed by atoms with Gasteiger partial charge in [-0.1, -0.05) is 0 Å². The molecule has 0 fully saturated rings. The molecule has 0 aliphatic carbocycles. The third-order valence-corrected chi connectivity index (χ3v) is 0.0707. The molecular formula is C2H3NO. The van der Waals surface area contributed by atoms with Gasteiger partial charge in [-0.05, 0) is 0 Å². The molecule has 22 valence electrons. The highest BCUT2D eigenvalue weighted by Crippen LogP contribution is 1.34. The lowest BCUT2D eigenvalue weighted by Crippen LogP contribution is -1.64. The van der Waals surface area contributed by atoms with Crippen molar-refractivity contribution in [2.24, 2.45) is 0 Å². The van der Waals surface area contributed by atoms with E-state index in [0.717, 1.165) is 0 Å². The highest BCUT2D eigenvalue weighted by atomic mass is 16.3. The largest absolute Gasteiger partial charge is 0.381 e. The van der Waals surface area contributed by atoms with Gasteiger partial charge in [0.25, 0.3) is 0 Å². The Kier molecular flexibility index (Phi) is 2.11. The number of nitrogens with zero attached hydrogens (tertiary/aromatic N) is 1. The van der Waals surface area contributed by atoms with Crippen molar-refractivity contribution in [2.75, 3.05) is 6.61 Å². The fraction of sp³-hybridized carbons (Fsp3) is 0.500. The second-order valence-electron chi connectivity index (χ2n) is 0.316.